The molecule has 0 atom stereocenters. The molecule has 0 bridgehead atoms. The highest BCUT2D eigenvalue weighted by atomic mass is 79.9. The van der Waals surface area contributed by atoms with E-state index in [9.17, 15) is 19.1 Å². The van der Waals surface area contributed by atoms with Crippen molar-refractivity contribution >= 4 is 39.6 Å². The molecule has 0 spiro atoms. The third kappa shape index (κ3) is 5.47. The maximum absolute atomic E-state index is 12.8. The number of hydrogen-bond donors (Lipinski definition) is 3. The van der Waals surface area contributed by atoms with Crippen LogP contribution in [-0.2, 0) is 9.59 Å². The summed E-state index contributed by atoms with van der Waals surface area (Å²) in [5.41, 5.74) is 3.27. The Morgan fingerprint density at radius 2 is 1.88 bits per heavy atom. The van der Waals surface area contributed by atoms with Crippen LogP contribution in [-0.4, -0.2) is 23.1 Å². The van der Waals surface area contributed by atoms with Gasteiger partial charge in [-0.3, -0.25) is 9.59 Å². The monoisotopic (exact) mass is 393 g/mol. The minimum Gasteiger partial charge on any atom is -0.507 e. The first-order chi connectivity index (χ1) is 11.4. The van der Waals surface area contributed by atoms with Crippen LogP contribution in [0.2, 0.25) is 0 Å². The Hall–Kier alpha value is -2.74. The van der Waals surface area contributed by atoms with Crippen LogP contribution >= 0.6 is 15.9 Å². The van der Waals surface area contributed by atoms with E-state index < -0.39 is 24.1 Å². The fraction of sp³-hybridized carbons (Fsp3) is 0.0625. The van der Waals surface area contributed by atoms with Gasteiger partial charge in [0.05, 0.1) is 10.7 Å². The van der Waals surface area contributed by atoms with Crippen molar-refractivity contribution in [2.45, 2.75) is 6.42 Å². The summed E-state index contributed by atoms with van der Waals surface area (Å²) in [7, 11) is 0. The minimum atomic E-state index is -0.594. The molecular weight excluding hydrogens is 381 g/mol. The number of amides is 2. The van der Waals surface area contributed by atoms with Crippen LogP contribution in [0, 0.1) is 5.82 Å². The first-order valence-corrected chi connectivity index (χ1v) is 7.59. The Labute approximate surface area is 145 Å². The van der Waals surface area contributed by atoms with Crippen LogP contribution in [0.25, 0.3) is 0 Å². The number of carbonyl (C=O) groups is 2. The van der Waals surface area contributed by atoms with Crippen molar-refractivity contribution in [2.24, 2.45) is 5.10 Å². The van der Waals surface area contributed by atoms with Crippen molar-refractivity contribution in [3.63, 3.8) is 0 Å². The summed E-state index contributed by atoms with van der Waals surface area (Å²) in [6.07, 6.45) is 0.952. The SMILES string of the molecule is O=C(CC(=O)Nc1ccc(F)cc1)NN=Cc1ccc(O)c(Br)c1. The van der Waals surface area contributed by atoms with Crippen molar-refractivity contribution in [2.75, 3.05) is 5.32 Å². The molecule has 0 aliphatic heterocycles. The van der Waals surface area contributed by atoms with Gasteiger partial charge < -0.3 is 10.4 Å². The van der Waals surface area contributed by atoms with E-state index in [4.69, 9.17) is 0 Å². The van der Waals surface area contributed by atoms with Gasteiger partial charge in [-0.25, -0.2) is 9.82 Å². The topological polar surface area (TPSA) is 90.8 Å². The molecule has 3 N–H and O–H groups in total. The van der Waals surface area contributed by atoms with Gasteiger partial charge in [0.25, 0.3) is 0 Å². The number of aromatic hydroxyl groups is 1. The molecule has 2 aromatic rings. The lowest BCUT2D eigenvalue weighted by Crippen LogP contribution is -2.24. The summed E-state index contributed by atoms with van der Waals surface area (Å²) < 4.78 is 13.2. The maximum Gasteiger partial charge on any atom is 0.249 e. The van der Waals surface area contributed by atoms with Crippen molar-refractivity contribution in [1.29, 1.82) is 0 Å². The van der Waals surface area contributed by atoms with Gasteiger partial charge in [-0.15, -0.1) is 0 Å². The van der Waals surface area contributed by atoms with E-state index >= 15 is 0 Å². The molecule has 0 aromatic heterocycles. The van der Waals surface area contributed by atoms with Gasteiger partial charge in [0.2, 0.25) is 11.8 Å². The number of nitrogens with zero attached hydrogens (tertiary/aromatic N) is 1. The van der Waals surface area contributed by atoms with E-state index in [-0.39, 0.29) is 5.75 Å². The number of benzene rings is 2. The Balaban J connectivity index is 1.81. The number of hydrogen-bond acceptors (Lipinski definition) is 4. The lowest BCUT2D eigenvalue weighted by molar-refractivity contribution is -0.126. The predicted octanol–water partition coefficient (Wildman–Crippen LogP) is 2.77. The van der Waals surface area contributed by atoms with Crippen LogP contribution < -0.4 is 10.7 Å². The lowest BCUT2D eigenvalue weighted by Gasteiger charge is -2.04. The van der Waals surface area contributed by atoms with E-state index in [0.29, 0.717) is 15.7 Å². The highest BCUT2D eigenvalue weighted by molar-refractivity contribution is 9.10. The van der Waals surface area contributed by atoms with E-state index in [1.165, 1.54) is 36.5 Å². The van der Waals surface area contributed by atoms with Gasteiger partial charge in [-0.1, -0.05) is 0 Å². The molecule has 0 unspecified atom stereocenters. The molecule has 6 nitrogen and oxygen atoms in total. The first-order valence-electron chi connectivity index (χ1n) is 6.80. The molecule has 124 valence electrons. The number of phenols is 1. The average Bonchev–Trinajstić information content (AvgIpc) is 2.53. The van der Waals surface area contributed by atoms with Gasteiger partial charge in [-0.2, -0.15) is 5.10 Å². The highest BCUT2D eigenvalue weighted by Crippen LogP contribution is 2.23. The van der Waals surface area contributed by atoms with E-state index in [1.54, 1.807) is 12.1 Å². The van der Waals surface area contributed by atoms with Crippen molar-refractivity contribution < 1.29 is 19.1 Å². The van der Waals surface area contributed by atoms with Crippen molar-refractivity contribution in [3.05, 3.63) is 58.3 Å². The summed E-state index contributed by atoms with van der Waals surface area (Å²) in [4.78, 5) is 23.3. The number of phenolic OH excluding ortho intramolecular Hbond substituents is 1. The minimum absolute atomic E-state index is 0.0913. The standard InChI is InChI=1S/C16H13BrFN3O3/c17-13-7-10(1-6-14(13)22)9-19-21-16(24)8-15(23)20-12-4-2-11(18)3-5-12/h1-7,9,22H,8H2,(H,20,23)(H,21,24). The molecule has 0 aliphatic carbocycles. The lowest BCUT2D eigenvalue weighted by atomic mass is 10.2. The van der Waals surface area contributed by atoms with E-state index in [2.05, 4.69) is 31.8 Å². The van der Waals surface area contributed by atoms with Crippen molar-refractivity contribution in [1.82, 2.24) is 5.43 Å². The normalized spacial score (nSPS) is 10.6. The fourth-order valence-electron chi connectivity index (χ4n) is 1.71. The Bertz CT molecular complexity index is 779. The zero-order chi connectivity index (χ0) is 17.5. The second kappa shape index (κ2) is 8.21. The van der Waals surface area contributed by atoms with Crippen LogP contribution in [0.4, 0.5) is 10.1 Å². The predicted molar refractivity (Wildman–Crippen MR) is 91.2 cm³/mol. The largest absolute Gasteiger partial charge is 0.507 e. The van der Waals surface area contributed by atoms with Gasteiger partial charge in [0.1, 0.15) is 18.0 Å². The molecule has 0 heterocycles. The van der Waals surface area contributed by atoms with Gasteiger partial charge in [0.15, 0.2) is 0 Å². The van der Waals surface area contributed by atoms with Crippen LogP contribution in [0.15, 0.2) is 52.0 Å². The number of hydrazone groups is 1. The van der Waals surface area contributed by atoms with E-state index in [0.717, 1.165) is 0 Å². The average molecular weight is 394 g/mol. The number of rotatable bonds is 5. The highest BCUT2D eigenvalue weighted by Gasteiger charge is 2.09. The summed E-state index contributed by atoms with van der Waals surface area (Å²) in [5, 5.41) is 15.6. The summed E-state index contributed by atoms with van der Waals surface area (Å²) in [6, 6.07) is 9.90. The zero-order valence-corrected chi connectivity index (χ0v) is 13.9. The first kappa shape index (κ1) is 17.6. The Morgan fingerprint density at radius 3 is 2.54 bits per heavy atom. The molecule has 2 aromatic carbocycles. The molecule has 2 amide bonds. The molecule has 0 saturated heterocycles. The second-order valence-corrected chi connectivity index (χ2v) is 5.59. The Kier molecular flexibility index (Phi) is 6.02. The number of halogens is 2. The van der Waals surface area contributed by atoms with Crippen LogP contribution in [0.3, 0.4) is 0 Å². The van der Waals surface area contributed by atoms with Gasteiger partial charge in [0, 0.05) is 5.69 Å². The summed E-state index contributed by atoms with van der Waals surface area (Å²) in [6.45, 7) is 0. The molecular formula is C16H13BrFN3O3. The van der Waals surface area contributed by atoms with Crippen molar-refractivity contribution in [3.8, 4) is 5.75 Å². The number of carbonyl (C=O) groups excluding carboxylic acids is 2. The fourth-order valence-corrected chi connectivity index (χ4v) is 2.10. The maximum atomic E-state index is 12.8. The van der Waals surface area contributed by atoms with Crippen LogP contribution in [0.5, 0.6) is 5.75 Å². The van der Waals surface area contributed by atoms with Gasteiger partial charge in [-0.05, 0) is 64.0 Å². The molecule has 0 fully saturated rings. The molecule has 0 saturated carbocycles. The third-order valence-corrected chi connectivity index (χ3v) is 3.46. The molecule has 2 rings (SSSR count). The summed E-state index contributed by atoms with van der Waals surface area (Å²) >= 11 is 3.16. The number of nitrogens with one attached hydrogen (secondary N) is 2. The molecule has 24 heavy (non-hydrogen) atoms. The quantitative estimate of drug-likeness (QED) is 0.414. The molecule has 0 aliphatic rings. The van der Waals surface area contributed by atoms with E-state index in [1.807, 2.05) is 0 Å². The second-order valence-electron chi connectivity index (χ2n) is 4.74. The molecule has 8 heteroatoms. The smallest absolute Gasteiger partial charge is 0.249 e. The van der Waals surface area contributed by atoms with Crippen LogP contribution in [0.1, 0.15) is 12.0 Å². The Morgan fingerprint density at radius 1 is 1.17 bits per heavy atom. The zero-order valence-electron chi connectivity index (χ0n) is 12.3. The summed E-state index contributed by atoms with van der Waals surface area (Å²) in [5.74, 6) is -1.46. The molecule has 0 radical (unpaired) electrons. The van der Waals surface area contributed by atoms with Gasteiger partial charge >= 0.3 is 0 Å². The number of anilines is 1. The third-order valence-electron chi connectivity index (χ3n) is 2.82.